The van der Waals surface area contributed by atoms with Crippen molar-refractivity contribution >= 4 is 52.0 Å². The largest absolute Gasteiger partial charge is 0.492 e. The maximum atomic E-state index is 13.1. The number of ether oxygens (including phenoxy) is 1. The molecule has 1 aliphatic rings. The number of nitro groups is 1. The number of carboxylic acids is 1. The zero-order valence-corrected chi connectivity index (χ0v) is 21.9. The first-order chi connectivity index (χ1) is 16.8. The summed E-state index contributed by atoms with van der Waals surface area (Å²) in [5.41, 5.74) is 5.35. The van der Waals surface area contributed by atoms with Crippen LogP contribution in [-0.4, -0.2) is 58.5 Å². The molecule has 2 rings (SSSR count). The van der Waals surface area contributed by atoms with Crippen LogP contribution in [0.15, 0.2) is 24.4 Å². The number of carbonyl (C=O) groups is 4. The van der Waals surface area contributed by atoms with E-state index >= 15 is 0 Å². The highest BCUT2D eigenvalue weighted by Gasteiger charge is 2.33. The van der Waals surface area contributed by atoms with Crippen LogP contribution in [-0.2, 0) is 14.4 Å². The first-order valence-corrected chi connectivity index (χ1v) is 12.1. The molecule has 1 aromatic rings. The molecule has 1 aromatic carbocycles. The van der Waals surface area contributed by atoms with Crippen molar-refractivity contribution in [2.75, 3.05) is 6.61 Å². The molecule has 4 atom stereocenters. The quantitative estimate of drug-likeness (QED) is 0.176. The van der Waals surface area contributed by atoms with E-state index in [4.69, 9.17) is 10.5 Å². The van der Waals surface area contributed by atoms with Crippen molar-refractivity contribution in [3.05, 3.63) is 43.7 Å². The number of hydrogen-bond donors (Lipinski definition) is 5. The van der Waals surface area contributed by atoms with Crippen LogP contribution < -0.4 is 26.4 Å². The van der Waals surface area contributed by atoms with Crippen LogP contribution in [0.25, 0.3) is 0 Å². The van der Waals surface area contributed by atoms with Gasteiger partial charge in [-0.1, -0.05) is 26.8 Å². The lowest BCUT2D eigenvalue weighted by Gasteiger charge is -2.29. The van der Waals surface area contributed by atoms with Gasteiger partial charge in [-0.25, -0.2) is 0 Å². The molecule has 196 valence electrons. The van der Waals surface area contributed by atoms with Crippen LogP contribution in [0.2, 0.25) is 0 Å². The van der Waals surface area contributed by atoms with E-state index in [1.165, 1.54) is 6.07 Å². The monoisotopic (exact) mass is 617 g/mol. The molecule has 0 saturated heterocycles. The molecule has 3 unspecified atom stereocenters. The Balaban J connectivity index is 2.60. The lowest BCUT2D eigenvalue weighted by Crippen LogP contribution is -2.57. The normalized spacial score (nSPS) is 22.0. The van der Waals surface area contributed by atoms with E-state index in [0.717, 1.165) is 6.07 Å². The third-order valence-electron chi connectivity index (χ3n) is 5.69. The molecule has 36 heavy (non-hydrogen) atoms. The van der Waals surface area contributed by atoms with Gasteiger partial charge in [-0.15, -0.1) is 0 Å². The maximum absolute atomic E-state index is 13.1. The molecule has 13 nitrogen and oxygen atoms in total. The van der Waals surface area contributed by atoms with Gasteiger partial charge < -0.3 is 31.5 Å². The summed E-state index contributed by atoms with van der Waals surface area (Å²) in [6, 6.07) is -1.20. The number of non-ortho nitro benzene ring substituents is 1. The third kappa shape index (κ3) is 7.29. The minimum Gasteiger partial charge on any atom is -0.492 e. The van der Waals surface area contributed by atoms with Crippen molar-refractivity contribution in [2.45, 2.75) is 51.2 Å². The van der Waals surface area contributed by atoms with Gasteiger partial charge in [0.15, 0.2) is 0 Å². The summed E-state index contributed by atoms with van der Waals surface area (Å²) in [5.74, 6) is -4.15. The topological polar surface area (TPSA) is 203 Å². The number of nitrogens with two attached hydrogens (primary N) is 1. The maximum Gasteiger partial charge on any atom is 0.305 e. The second-order valence-electron chi connectivity index (χ2n) is 8.33. The van der Waals surface area contributed by atoms with Crippen LogP contribution in [0.3, 0.4) is 0 Å². The van der Waals surface area contributed by atoms with Crippen molar-refractivity contribution in [1.29, 1.82) is 0 Å². The zero-order chi connectivity index (χ0) is 27.2. The molecule has 1 heterocycles. The van der Waals surface area contributed by atoms with E-state index in [1.807, 2.05) is 6.92 Å². The smallest absolute Gasteiger partial charge is 0.305 e. The summed E-state index contributed by atoms with van der Waals surface area (Å²) in [6.45, 7) is 7.17. The SMILES string of the molecule is C=C(N)C1CCOc2c(I)cc([N+](=O)[O-])cc2C(=O)NC(CC(=O)O)C(=O)N[C@@H](C(C)CC)C(=O)N1. The van der Waals surface area contributed by atoms with E-state index in [2.05, 4.69) is 22.5 Å². The van der Waals surface area contributed by atoms with Gasteiger partial charge in [-0.2, -0.15) is 0 Å². The van der Waals surface area contributed by atoms with Gasteiger partial charge >= 0.3 is 5.97 Å². The summed E-state index contributed by atoms with van der Waals surface area (Å²) in [7, 11) is 0. The van der Waals surface area contributed by atoms with Gasteiger partial charge in [0.2, 0.25) is 11.8 Å². The molecule has 0 spiro atoms. The fraction of sp³-hybridized carbons (Fsp3) is 0.455. The Kier molecular flexibility index (Phi) is 10.0. The second kappa shape index (κ2) is 12.5. The van der Waals surface area contributed by atoms with Crippen LogP contribution in [0, 0.1) is 19.6 Å². The highest BCUT2D eigenvalue weighted by Crippen LogP contribution is 2.31. The number of carboxylic acid groups (broad SMARTS) is 1. The number of nitrogens with one attached hydrogen (secondary N) is 3. The number of benzene rings is 1. The van der Waals surface area contributed by atoms with Crippen molar-refractivity contribution in [3.8, 4) is 5.75 Å². The van der Waals surface area contributed by atoms with E-state index in [9.17, 15) is 34.4 Å². The molecule has 6 N–H and O–H groups in total. The van der Waals surface area contributed by atoms with Crippen molar-refractivity contribution in [3.63, 3.8) is 0 Å². The number of nitrogens with zero attached hydrogens (tertiary/aromatic N) is 1. The molecule has 14 heteroatoms. The molecule has 1 aliphatic heterocycles. The number of hydrogen-bond acceptors (Lipinski definition) is 8. The highest BCUT2D eigenvalue weighted by atomic mass is 127. The molecule has 0 aliphatic carbocycles. The summed E-state index contributed by atoms with van der Waals surface area (Å²) in [4.78, 5) is 61.4. The number of amides is 3. The first kappa shape index (κ1) is 28.8. The minimum atomic E-state index is -1.58. The van der Waals surface area contributed by atoms with E-state index in [-0.39, 0.29) is 39.5 Å². The zero-order valence-electron chi connectivity index (χ0n) is 19.7. The molecular weight excluding hydrogens is 589 g/mol. The number of fused-ring (bicyclic) bond motifs is 1. The Morgan fingerprint density at radius 3 is 2.53 bits per heavy atom. The molecule has 0 aromatic heterocycles. The molecule has 3 amide bonds. The molecule has 0 fully saturated rings. The summed E-state index contributed by atoms with van der Waals surface area (Å²) in [6.07, 6.45) is -0.143. The van der Waals surface area contributed by atoms with E-state index < -0.39 is 58.8 Å². The third-order valence-corrected chi connectivity index (χ3v) is 6.50. The number of rotatable bonds is 6. The van der Waals surface area contributed by atoms with Crippen molar-refractivity contribution in [1.82, 2.24) is 16.0 Å². The predicted octanol–water partition coefficient (Wildman–Crippen LogP) is 1.04. The van der Waals surface area contributed by atoms with E-state index in [1.54, 1.807) is 29.5 Å². The lowest BCUT2D eigenvalue weighted by atomic mass is 9.97. The van der Waals surface area contributed by atoms with Gasteiger partial charge in [0.05, 0.1) is 33.1 Å². The Hall–Kier alpha value is -3.43. The van der Waals surface area contributed by atoms with E-state index in [0.29, 0.717) is 6.42 Å². The number of halogens is 1. The lowest BCUT2D eigenvalue weighted by molar-refractivity contribution is -0.385. The second-order valence-corrected chi connectivity index (χ2v) is 9.49. The average Bonchev–Trinajstić information content (AvgIpc) is 2.79. The number of carbonyl (C=O) groups excluding carboxylic acids is 3. The fourth-order valence-corrected chi connectivity index (χ4v) is 4.23. The molecular formula is C22H28IN5O8. The van der Waals surface area contributed by atoms with Crippen molar-refractivity contribution < 1.29 is 33.9 Å². The van der Waals surface area contributed by atoms with Crippen LogP contribution in [0.5, 0.6) is 5.75 Å². The highest BCUT2D eigenvalue weighted by molar-refractivity contribution is 14.1. The van der Waals surface area contributed by atoms with Crippen LogP contribution >= 0.6 is 22.6 Å². The summed E-state index contributed by atoms with van der Waals surface area (Å²) >= 11 is 1.77. The fourth-order valence-electron chi connectivity index (χ4n) is 3.47. The molecule has 0 radical (unpaired) electrons. The Labute approximate surface area is 220 Å². The van der Waals surface area contributed by atoms with Gasteiger partial charge in [-0.3, -0.25) is 29.3 Å². The Bertz CT molecular complexity index is 1080. The molecule has 0 bridgehead atoms. The van der Waals surface area contributed by atoms with Gasteiger partial charge in [0.25, 0.3) is 11.6 Å². The van der Waals surface area contributed by atoms with Gasteiger partial charge in [-0.05, 0) is 28.5 Å². The number of aliphatic carboxylic acids is 1. The standard InChI is InChI=1S/C22H28IN5O8/c1-4-10(2)18-22(33)25-15(11(3)24)5-6-36-19-13(7-12(28(34)35)8-14(19)23)20(31)26-16(9-17(29)30)21(32)27-18/h7-8,10,15-16,18H,3-6,9,24H2,1-2H3,(H,25,33)(H,26,31)(H,27,32)(H,29,30)/t10?,15?,16?,18-/m0/s1. The summed E-state index contributed by atoms with van der Waals surface area (Å²) in [5, 5.41) is 28.3. The molecule has 0 saturated carbocycles. The van der Waals surface area contributed by atoms with Crippen LogP contribution in [0.4, 0.5) is 5.69 Å². The van der Waals surface area contributed by atoms with Crippen LogP contribution in [0.1, 0.15) is 43.5 Å². The summed E-state index contributed by atoms with van der Waals surface area (Å²) < 4.78 is 6.01. The predicted molar refractivity (Wildman–Crippen MR) is 136 cm³/mol. The minimum absolute atomic E-state index is 0.00423. The first-order valence-electron chi connectivity index (χ1n) is 11.0. The van der Waals surface area contributed by atoms with Gasteiger partial charge in [0, 0.05) is 24.3 Å². The van der Waals surface area contributed by atoms with Crippen molar-refractivity contribution in [2.24, 2.45) is 11.7 Å². The average molecular weight is 617 g/mol. The number of nitro benzene ring substituents is 1. The Morgan fingerprint density at radius 2 is 1.97 bits per heavy atom. The Morgan fingerprint density at radius 1 is 1.31 bits per heavy atom. The van der Waals surface area contributed by atoms with Gasteiger partial charge in [0.1, 0.15) is 17.8 Å².